The normalized spacial score (nSPS) is 25.8. The molecule has 1 heterocycles. The first-order valence-electron chi connectivity index (χ1n) is 7.12. The zero-order valence-electron chi connectivity index (χ0n) is 12.1. The molecule has 1 saturated heterocycles. The van der Waals surface area contributed by atoms with Gasteiger partial charge in [0.2, 0.25) is 0 Å². The molecule has 0 aromatic rings. The zero-order chi connectivity index (χ0) is 12.7. The van der Waals surface area contributed by atoms with Crippen LogP contribution in [0.25, 0.3) is 0 Å². The molecule has 2 atom stereocenters. The first-order chi connectivity index (χ1) is 8.13. The molecule has 0 bridgehead atoms. The van der Waals surface area contributed by atoms with Crippen molar-refractivity contribution in [3.8, 4) is 0 Å². The summed E-state index contributed by atoms with van der Waals surface area (Å²) in [7, 11) is 2.05. The fourth-order valence-electron chi connectivity index (χ4n) is 2.79. The summed E-state index contributed by atoms with van der Waals surface area (Å²) in [5, 5.41) is 3.33. The summed E-state index contributed by atoms with van der Waals surface area (Å²) in [5.74, 6) is 0. The topological polar surface area (TPSA) is 24.5 Å². The zero-order valence-corrected chi connectivity index (χ0v) is 12.1. The van der Waals surface area contributed by atoms with Crippen molar-refractivity contribution in [2.75, 3.05) is 39.8 Å². The van der Waals surface area contributed by atoms with E-state index >= 15 is 0 Å². The molecule has 1 aliphatic heterocycles. The summed E-state index contributed by atoms with van der Waals surface area (Å²) in [6.07, 6.45) is 4.21. The van der Waals surface area contributed by atoms with Gasteiger partial charge in [0.05, 0.1) is 6.10 Å². The molecular weight excluding hydrogens is 212 g/mol. The van der Waals surface area contributed by atoms with Gasteiger partial charge in [-0.2, -0.15) is 0 Å². The smallest absolute Gasteiger partial charge is 0.0702 e. The van der Waals surface area contributed by atoms with E-state index in [1.54, 1.807) is 0 Å². The van der Waals surface area contributed by atoms with Gasteiger partial charge in [0.15, 0.2) is 0 Å². The summed E-state index contributed by atoms with van der Waals surface area (Å²) in [6.45, 7) is 12.3. The molecule has 0 aliphatic carbocycles. The molecule has 3 heteroatoms. The Kier molecular flexibility index (Phi) is 6.45. The number of rotatable bonds is 7. The van der Waals surface area contributed by atoms with Crippen LogP contribution in [0.3, 0.4) is 0 Å². The average molecular weight is 242 g/mol. The summed E-state index contributed by atoms with van der Waals surface area (Å²) < 4.78 is 5.76. The lowest BCUT2D eigenvalue weighted by atomic mass is 9.86. The first kappa shape index (κ1) is 14.9. The van der Waals surface area contributed by atoms with Crippen LogP contribution in [-0.4, -0.2) is 50.8 Å². The van der Waals surface area contributed by atoms with E-state index in [0.29, 0.717) is 11.5 Å². The van der Waals surface area contributed by atoms with Crippen molar-refractivity contribution in [1.82, 2.24) is 10.2 Å². The van der Waals surface area contributed by atoms with Crippen molar-refractivity contribution in [2.24, 2.45) is 5.41 Å². The molecule has 3 nitrogen and oxygen atoms in total. The lowest BCUT2D eigenvalue weighted by Crippen LogP contribution is -2.47. The van der Waals surface area contributed by atoms with Crippen LogP contribution in [0.5, 0.6) is 0 Å². The van der Waals surface area contributed by atoms with Crippen LogP contribution in [0.1, 0.15) is 40.0 Å². The van der Waals surface area contributed by atoms with Gasteiger partial charge in [-0.05, 0) is 45.2 Å². The van der Waals surface area contributed by atoms with Crippen LogP contribution in [0.2, 0.25) is 0 Å². The Morgan fingerprint density at radius 3 is 2.76 bits per heavy atom. The Labute approximate surface area is 107 Å². The first-order valence-corrected chi connectivity index (χ1v) is 7.12. The van der Waals surface area contributed by atoms with E-state index in [1.165, 1.54) is 32.4 Å². The van der Waals surface area contributed by atoms with Crippen molar-refractivity contribution >= 4 is 0 Å². The second-order valence-corrected chi connectivity index (χ2v) is 5.65. The van der Waals surface area contributed by atoms with Gasteiger partial charge in [0.1, 0.15) is 0 Å². The number of likely N-dealkylation sites (tertiary alicyclic amines) is 1. The molecule has 0 aromatic carbocycles. The number of nitrogens with zero attached hydrogens (tertiary/aromatic N) is 1. The lowest BCUT2D eigenvalue weighted by Gasteiger charge is -2.39. The van der Waals surface area contributed by atoms with E-state index in [2.05, 4.69) is 31.0 Å². The van der Waals surface area contributed by atoms with E-state index < -0.39 is 0 Å². The highest BCUT2D eigenvalue weighted by Crippen LogP contribution is 2.24. The fourth-order valence-corrected chi connectivity index (χ4v) is 2.79. The van der Waals surface area contributed by atoms with Crippen LogP contribution >= 0.6 is 0 Å². The van der Waals surface area contributed by atoms with E-state index in [1.807, 2.05) is 7.05 Å². The SMILES string of the molecule is CCOC1CCCN(CC(C)(CC)CNC)C1. The number of hydrogen-bond donors (Lipinski definition) is 1. The van der Waals surface area contributed by atoms with Gasteiger partial charge < -0.3 is 15.0 Å². The second kappa shape index (κ2) is 7.34. The van der Waals surface area contributed by atoms with Crippen LogP contribution in [-0.2, 0) is 4.74 Å². The van der Waals surface area contributed by atoms with Crippen LogP contribution in [0.15, 0.2) is 0 Å². The Morgan fingerprint density at radius 2 is 2.18 bits per heavy atom. The highest BCUT2D eigenvalue weighted by Gasteiger charge is 2.28. The summed E-state index contributed by atoms with van der Waals surface area (Å²) in [5.41, 5.74) is 0.392. The van der Waals surface area contributed by atoms with E-state index in [-0.39, 0.29) is 0 Å². The minimum Gasteiger partial charge on any atom is -0.377 e. The van der Waals surface area contributed by atoms with Gasteiger partial charge in [-0.1, -0.05) is 13.8 Å². The molecule has 1 aliphatic rings. The van der Waals surface area contributed by atoms with Crippen LogP contribution in [0.4, 0.5) is 0 Å². The summed E-state index contributed by atoms with van der Waals surface area (Å²) >= 11 is 0. The molecule has 1 fully saturated rings. The number of hydrogen-bond acceptors (Lipinski definition) is 3. The van der Waals surface area contributed by atoms with Crippen molar-refractivity contribution in [3.05, 3.63) is 0 Å². The van der Waals surface area contributed by atoms with Crippen molar-refractivity contribution in [1.29, 1.82) is 0 Å². The predicted octanol–water partition coefficient (Wildman–Crippen LogP) is 2.12. The van der Waals surface area contributed by atoms with Gasteiger partial charge >= 0.3 is 0 Å². The molecule has 0 aromatic heterocycles. The molecule has 0 spiro atoms. The Hall–Kier alpha value is -0.120. The van der Waals surface area contributed by atoms with Crippen LogP contribution < -0.4 is 5.32 Å². The highest BCUT2D eigenvalue weighted by molar-refractivity contribution is 4.82. The van der Waals surface area contributed by atoms with Gasteiger partial charge in [0, 0.05) is 26.2 Å². The fraction of sp³-hybridized carbons (Fsp3) is 1.00. The molecule has 0 saturated carbocycles. The predicted molar refractivity (Wildman–Crippen MR) is 73.4 cm³/mol. The van der Waals surface area contributed by atoms with Gasteiger partial charge in [-0.25, -0.2) is 0 Å². The van der Waals surface area contributed by atoms with E-state index in [9.17, 15) is 0 Å². The molecular formula is C14H30N2O. The molecule has 0 radical (unpaired) electrons. The standard InChI is InChI=1S/C14H30N2O/c1-5-14(3,11-15-4)12-16-9-7-8-13(10-16)17-6-2/h13,15H,5-12H2,1-4H3. The molecule has 102 valence electrons. The Morgan fingerprint density at radius 1 is 1.41 bits per heavy atom. The maximum Gasteiger partial charge on any atom is 0.0702 e. The molecule has 1 rings (SSSR count). The lowest BCUT2D eigenvalue weighted by molar-refractivity contribution is -0.00543. The Balaban J connectivity index is 2.43. The summed E-state index contributed by atoms with van der Waals surface area (Å²) in [6, 6.07) is 0. The molecule has 17 heavy (non-hydrogen) atoms. The van der Waals surface area contributed by atoms with Crippen LogP contribution in [0, 0.1) is 5.41 Å². The quantitative estimate of drug-likeness (QED) is 0.740. The number of ether oxygens (including phenoxy) is 1. The molecule has 2 unspecified atom stereocenters. The van der Waals surface area contributed by atoms with E-state index in [4.69, 9.17) is 4.74 Å². The number of piperidine rings is 1. The minimum atomic E-state index is 0.392. The largest absolute Gasteiger partial charge is 0.377 e. The van der Waals surface area contributed by atoms with Gasteiger partial charge in [-0.3, -0.25) is 0 Å². The molecule has 0 amide bonds. The third-order valence-electron chi connectivity index (χ3n) is 3.93. The number of nitrogens with one attached hydrogen (secondary N) is 1. The third-order valence-corrected chi connectivity index (χ3v) is 3.93. The maximum absolute atomic E-state index is 5.76. The minimum absolute atomic E-state index is 0.392. The van der Waals surface area contributed by atoms with Gasteiger partial charge in [0.25, 0.3) is 0 Å². The second-order valence-electron chi connectivity index (χ2n) is 5.65. The summed E-state index contributed by atoms with van der Waals surface area (Å²) in [4.78, 5) is 2.59. The third kappa shape index (κ3) is 4.94. The van der Waals surface area contributed by atoms with Crippen molar-refractivity contribution < 1.29 is 4.74 Å². The molecule has 1 N–H and O–H groups in total. The van der Waals surface area contributed by atoms with Crippen molar-refractivity contribution in [3.63, 3.8) is 0 Å². The Bertz CT molecular complexity index is 208. The highest BCUT2D eigenvalue weighted by atomic mass is 16.5. The van der Waals surface area contributed by atoms with Gasteiger partial charge in [-0.15, -0.1) is 0 Å². The average Bonchev–Trinajstić information content (AvgIpc) is 2.30. The maximum atomic E-state index is 5.76. The van der Waals surface area contributed by atoms with Crippen molar-refractivity contribution in [2.45, 2.75) is 46.1 Å². The van der Waals surface area contributed by atoms with E-state index in [0.717, 1.165) is 19.7 Å². The monoisotopic (exact) mass is 242 g/mol.